The minimum absolute atomic E-state index is 0.0699. The van der Waals surface area contributed by atoms with Crippen molar-refractivity contribution < 1.29 is 14.7 Å². The molecule has 1 fully saturated rings. The highest BCUT2D eigenvalue weighted by molar-refractivity contribution is 6.10. The van der Waals surface area contributed by atoms with E-state index in [0.29, 0.717) is 12.4 Å². The Bertz CT molecular complexity index is 909. The maximum atomic E-state index is 13.2. The number of nitrogens with zero attached hydrogens (tertiary/aromatic N) is 5. The van der Waals surface area contributed by atoms with E-state index in [1.165, 1.54) is 9.80 Å². The highest BCUT2D eigenvalue weighted by atomic mass is 16.3. The third kappa shape index (κ3) is 2.51. The lowest BCUT2D eigenvalue weighted by Gasteiger charge is -2.40. The number of benzene rings is 1. The van der Waals surface area contributed by atoms with Crippen molar-refractivity contribution in [2.45, 2.75) is 39.4 Å². The maximum Gasteiger partial charge on any atom is 0.328 e. The van der Waals surface area contributed by atoms with Gasteiger partial charge in [0.2, 0.25) is 5.96 Å². The number of rotatable bonds is 4. The highest BCUT2D eigenvalue weighted by Gasteiger charge is 2.55. The minimum atomic E-state index is -0.582. The number of likely N-dealkylation sites (N-methyl/N-ethyl adjacent to an activating group) is 1. The molecule has 3 amide bonds. The van der Waals surface area contributed by atoms with Gasteiger partial charge >= 0.3 is 6.03 Å². The summed E-state index contributed by atoms with van der Waals surface area (Å²) in [7, 11) is 1.67. The average Bonchev–Trinajstić information content (AvgIpc) is 3.16. The fraction of sp³-hybridized carbons (Fsp3) is 0.450. The Morgan fingerprint density at radius 1 is 1.14 bits per heavy atom. The van der Waals surface area contributed by atoms with Gasteiger partial charge in [0.05, 0.1) is 0 Å². The topological polar surface area (TPSA) is 79.7 Å². The second-order valence-corrected chi connectivity index (χ2v) is 7.46. The molecule has 2 atom stereocenters. The van der Waals surface area contributed by atoms with E-state index in [9.17, 15) is 9.59 Å². The number of guanidine groups is 1. The van der Waals surface area contributed by atoms with Crippen molar-refractivity contribution in [2.24, 2.45) is 4.99 Å². The fourth-order valence-corrected chi connectivity index (χ4v) is 4.12. The number of aliphatic hydroxyl groups is 1. The van der Waals surface area contributed by atoms with E-state index in [0.717, 1.165) is 22.6 Å². The first-order valence-corrected chi connectivity index (χ1v) is 9.47. The summed E-state index contributed by atoms with van der Waals surface area (Å²) in [5.74, 6) is 0.408. The summed E-state index contributed by atoms with van der Waals surface area (Å²) in [5, 5.41) is 9.12. The number of anilines is 1. The molecule has 0 aromatic heterocycles. The van der Waals surface area contributed by atoms with E-state index in [2.05, 4.69) is 6.07 Å². The van der Waals surface area contributed by atoms with Gasteiger partial charge in [0.25, 0.3) is 5.91 Å². The van der Waals surface area contributed by atoms with Gasteiger partial charge in [-0.15, -0.1) is 0 Å². The predicted octanol–water partition coefficient (Wildman–Crippen LogP) is 1.71. The molecule has 1 aromatic rings. The SMILES string of the molecule is CC1=C(C)N2C(=NC3C2C(=O)N(CCCO)C(=O)N3C)N1c1cccc(C)c1. The lowest BCUT2D eigenvalue weighted by molar-refractivity contribution is -0.136. The van der Waals surface area contributed by atoms with Gasteiger partial charge in [0, 0.05) is 37.3 Å². The van der Waals surface area contributed by atoms with Crippen molar-refractivity contribution in [3.63, 3.8) is 0 Å². The van der Waals surface area contributed by atoms with Crippen LogP contribution in [0.1, 0.15) is 25.8 Å². The largest absolute Gasteiger partial charge is 0.396 e. The summed E-state index contributed by atoms with van der Waals surface area (Å²) in [6.45, 7) is 6.16. The van der Waals surface area contributed by atoms with E-state index in [4.69, 9.17) is 10.1 Å². The monoisotopic (exact) mass is 383 g/mol. The lowest BCUT2D eigenvalue weighted by Crippen LogP contribution is -2.64. The van der Waals surface area contributed by atoms with Crippen molar-refractivity contribution >= 4 is 23.6 Å². The van der Waals surface area contributed by atoms with Crippen molar-refractivity contribution in [3.8, 4) is 0 Å². The number of carbonyl (C=O) groups is 2. The van der Waals surface area contributed by atoms with Crippen molar-refractivity contribution in [1.82, 2.24) is 14.7 Å². The average molecular weight is 383 g/mol. The number of aliphatic hydroxyl groups excluding tert-OH is 1. The number of fused-ring (bicyclic) bond motifs is 3. The van der Waals surface area contributed by atoms with Gasteiger partial charge in [0.15, 0.2) is 12.2 Å². The molecule has 0 radical (unpaired) electrons. The van der Waals surface area contributed by atoms with Gasteiger partial charge in [-0.2, -0.15) is 0 Å². The van der Waals surface area contributed by atoms with Crippen LogP contribution in [0.5, 0.6) is 0 Å². The van der Waals surface area contributed by atoms with Crippen LogP contribution >= 0.6 is 0 Å². The van der Waals surface area contributed by atoms with E-state index >= 15 is 0 Å². The Balaban J connectivity index is 1.75. The summed E-state index contributed by atoms with van der Waals surface area (Å²) in [6, 6.07) is 7.17. The zero-order valence-corrected chi connectivity index (χ0v) is 16.6. The Kier molecular flexibility index (Phi) is 4.38. The van der Waals surface area contributed by atoms with Crippen molar-refractivity contribution in [3.05, 3.63) is 41.2 Å². The molecule has 1 aromatic carbocycles. The Morgan fingerprint density at radius 2 is 1.89 bits per heavy atom. The molecule has 0 aliphatic carbocycles. The van der Waals surface area contributed by atoms with E-state index < -0.39 is 12.2 Å². The third-order valence-corrected chi connectivity index (χ3v) is 5.69. The van der Waals surface area contributed by atoms with Gasteiger partial charge in [0.1, 0.15) is 0 Å². The van der Waals surface area contributed by atoms with E-state index in [1.807, 2.05) is 48.8 Å². The molecule has 0 spiro atoms. The van der Waals surface area contributed by atoms with Crippen LogP contribution in [-0.2, 0) is 4.79 Å². The van der Waals surface area contributed by atoms with Crippen LogP contribution < -0.4 is 4.90 Å². The summed E-state index contributed by atoms with van der Waals surface area (Å²) < 4.78 is 0. The number of allylic oxidation sites excluding steroid dienone is 2. The molecule has 2 unspecified atom stereocenters. The van der Waals surface area contributed by atoms with Crippen LogP contribution in [0.2, 0.25) is 0 Å². The number of amides is 3. The standard InChI is InChI=1S/C20H25N5O3/c1-12-7-5-8-15(11-12)24-13(2)14(3)25-16-17(21-19(24)25)22(4)20(28)23(18(16)27)9-6-10-26/h5,7-8,11,16-17,26H,6,9-10H2,1-4H3. The number of imide groups is 1. The van der Waals surface area contributed by atoms with E-state index in [-0.39, 0.29) is 25.1 Å². The van der Waals surface area contributed by atoms with Gasteiger partial charge in [-0.3, -0.25) is 19.5 Å². The summed E-state index contributed by atoms with van der Waals surface area (Å²) in [4.78, 5) is 37.4. The Labute approximate surface area is 164 Å². The second-order valence-electron chi connectivity index (χ2n) is 7.46. The third-order valence-electron chi connectivity index (χ3n) is 5.69. The first kappa shape index (κ1) is 18.5. The Morgan fingerprint density at radius 3 is 2.57 bits per heavy atom. The number of hydrogen-bond acceptors (Lipinski definition) is 6. The molecule has 3 aliphatic heterocycles. The van der Waals surface area contributed by atoms with Gasteiger partial charge in [-0.1, -0.05) is 12.1 Å². The minimum Gasteiger partial charge on any atom is -0.396 e. The van der Waals surface area contributed by atoms with Crippen LogP contribution in [-0.4, -0.2) is 70.1 Å². The van der Waals surface area contributed by atoms with Crippen LogP contribution in [0.15, 0.2) is 40.7 Å². The molecule has 3 aliphatic rings. The quantitative estimate of drug-likeness (QED) is 0.856. The normalized spacial score (nSPS) is 24.2. The fourth-order valence-electron chi connectivity index (χ4n) is 4.12. The molecule has 1 saturated heterocycles. The highest BCUT2D eigenvalue weighted by Crippen LogP contribution is 2.40. The van der Waals surface area contributed by atoms with Gasteiger partial charge in [-0.05, 0) is 44.9 Å². The number of carbonyl (C=O) groups excluding carboxylic acids is 2. The predicted molar refractivity (Wildman–Crippen MR) is 105 cm³/mol. The van der Waals surface area contributed by atoms with Gasteiger partial charge in [-0.25, -0.2) is 9.79 Å². The number of aryl methyl sites for hydroxylation is 1. The molecule has 3 heterocycles. The van der Waals surface area contributed by atoms with Crippen LogP contribution in [0, 0.1) is 6.92 Å². The molecular weight excluding hydrogens is 358 g/mol. The van der Waals surface area contributed by atoms with E-state index in [1.54, 1.807) is 7.05 Å². The lowest BCUT2D eigenvalue weighted by atomic mass is 10.1. The zero-order chi connectivity index (χ0) is 20.2. The summed E-state index contributed by atoms with van der Waals surface area (Å²) in [6.07, 6.45) is -0.199. The number of hydrogen-bond donors (Lipinski definition) is 1. The van der Waals surface area contributed by atoms with Crippen LogP contribution in [0.4, 0.5) is 10.5 Å². The van der Waals surface area contributed by atoms with Crippen LogP contribution in [0.3, 0.4) is 0 Å². The molecule has 0 bridgehead atoms. The molecule has 1 N–H and O–H groups in total. The molecule has 148 valence electrons. The first-order chi connectivity index (χ1) is 13.4. The van der Waals surface area contributed by atoms with Gasteiger partial charge < -0.3 is 10.0 Å². The van der Waals surface area contributed by atoms with Crippen molar-refractivity contribution in [1.29, 1.82) is 0 Å². The van der Waals surface area contributed by atoms with Crippen LogP contribution in [0.25, 0.3) is 0 Å². The maximum absolute atomic E-state index is 13.2. The molecule has 8 nitrogen and oxygen atoms in total. The van der Waals surface area contributed by atoms with Crippen molar-refractivity contribution in [2.75, 3.05) is 25.1 Å². The second kappa shape index (κ2) is 6.63. The summed E-state index contributed by atoms with van der Waals surface area (Å²) in [5.41, 5.74) is 4.08. The molecule has 4 rings (SSSR count). The smallest absolute Gasteiger partial charge is 0.328 e. The summed E-state index contributed by atoms with van der Waals surface area (Å²) >= 11 is 0. The molecule has 28 heavy (non-hydrogen) atoms. The first-order valence-electron chi connectivity index (χ1n) is 9.47. The number of urea groups is 1. The molecular formula is C20H25N5O3. The zero-order valence-electron chi connectivity index (χ0n) is 16.6. The molecule has 8 heteroatoms. The molecule has 0 saturated carbocycles. The Hall–Kier alpha value is -2.87. The number of aliphatic imine (C=N–C) groups is 1.